The summed E-state index contributed by atoms with van der Waals surface area (Å²) in [5, 5.41) is 13.1. The Kier molecular flexibility index (Phi) is 7.69. The van der Waals surface area contributed by atoms with Crippen LogP contribution in [-0.2, 0) is 10.2 Å². The van der Waals surface area contributed by atoms with Gasteiger partial charge in [0.05, 0.1) is 6.54 Å². The molecule has 2 unspecified atom stereocenters. The van der Waals surface area contributed by atoms with Gasteiger partial charge < -0.3 is 15.2 Å². The minimum atomic E-state index is -0.950. The van der Waals surface area contributed by atoms with Crippen LogP contribution in [0, 0.1) is 0 Å². The van der Waals surface area contributed by atoms with E-state index in [9.17, 15) is 14.7 Å². The number of urea groups is 1. The zero-order valence-corrected chi connectivity index (χ0v) is 18.5. The fourth-order valence-corrected chi connectivity index (χ4v) is 3.49. The van der Waals surface area contributed by atoms with Gasteiger partial charge in [-0.15, -0.1) is 0 Å². The summed E-state index contributed by atoms with van der Waals surface area (Å²) in [7, 11) is 0. The SMILES string of the molecule is CCCCCCC1(C)NC(=O)N(CC(O)COc2ccc(C(C)(C)C)cc2)C1=O. The first-order chi connectivity index (χ1) is 13.6. The Hall–Kier alpha value is -2.08. The summed E-state index contributed by atoms with van der Waals surface area (Å²) in [4.78, 5) is 26.1. The Morgan fingerprint density at radius 2 is 1.79 bits per heavy atom. The number of amides is 3. The Morgan fingerprint density at radius 3 is 2.38 bits per heavy atom. The fourth-order valence-electron chi connectivity index (χ4n) is 3.49. The smallest absolute Gasteiger partial charge is 0.325 e. The zero-order chi connectivity index (χ0) is 21.7. The molecule has 1 aromatic carbocycles. The van der Waals surface area contributed by atoms with E-state index in [0.29, 0.717) is 12.2 Å². The molecule has 2 N–H and O–H groups in total. The lowest BCUT2D eigenvalue weighted by atomic mass is 9.87. The number of unbranched alkanes of at least 4 members (excludes halogenated alkanes) is 3. The first kappa shape index (κ1) is 23.2. The Balaban J connectivity index is 1.86. The molecule has 162 valence electrons. The summed E-state index contributed by atoms with van der Waals surface area (Å²) in [6.45, 7) is 10.3. The Labute approximate surface area is 174 Å². The molecule has 0 aliphatic carbocycles. The minimum absolute atomic E-state index is 0.0130. The van der Waals surface area contributed by atoms with Crippen LogP contribution in [0.5, 0.6) is 5.75 Å². The molecule has 29 heavy (non-hydrogen) atoms. The molecule has 0 bridgehead atoms. The lowest BCUT2D eigenvalue weighted by Gasteiger charge is -2.23. The zero-order valence-electron chi connectivity index (χ0n) is 18.5. The van der Waals surface area contributed by atoms with Crippen molar-refractivity contribution < 1.29 is 19.4 Å². The number of benzene rings is 1. The van der Waals surface area contributed by atoms with Crippen molar-refractivity contribution in [3.8, 4) is 5.75 Å². The number of hydrogen-bond donors (Lipinski definition) is 2. The first-order valence-electron chi connectivity index (χ1n) is 10.6. The highest BCUT2D eigenvalue weighted by atomic mass is 16.5. The molecule has 0 aromatic heterocycles. The summed E-state index contributed by atoms with van der Waals surface area (Å²) >= 11 is 0. The highest BCUT2D eigenvalue weighted by molar-refractivity contribution is 6.06. The number of ether oxygens (including phenoxy) is 1. The van der Waals surface area contributed by atoms with Crippen LogP contribution in [-0.4, -0.2) is 46.7 Å². The highest BCUT2D eigenvalue weighted by Crippen LogP contribution is 2.25. The van der Waals surface area contributed by atoms with Crippen LogP contribution in [0.3, 0.4) is 0 Å². The normalized spacial score (nSPS) is 20.7. The van der Waals surface area contributed by atoms with Crippen molar-refractivity contribution in [1.82, 2.24) is 10.2 Å². The second-order valence-electron chi connectivity index (χ2n) is 9.23. The van der Waals surface area contributed by atoms with Gasteiger partial charge in [0.25, 0.3) is 5.91 Å². The first-order valence-corrected chi connectivity index (χ1v) is 10.6. The molecule has 1 saturated heterocycles. The van der Waals surface area contributed by atoms with Crippen LogP contribution in [0.2, 0.25) is 0 Å². The van der Waals surface area contributed by atoms with Crippen molar-refractivity contribution in [1.29, 1.82) is 0 Å². The molecule has 1 aromatic rings. The number of nitrogens with one attached hydrogen (secondary N) is 1. The van der Waals surface area contributed by atoms with E-state index in [-0.39, 0.29) is 24.5 Å². The molecule has 2 atom stereocenters. The van der Waals surface area contributed by atoms with Gasteiger partial charge in [-0.25, -0.2) is 4.79 Å². The highest BCUT2D eigenvalue weighted by Gasteiger charge is 2.47. The van der Waals surface area contributed by atoms with E-state index >= 15 is 0 Å². The van der Waals surface area contributed by atoms with Crippen LogP contribution in [0.25, 0.3) is 0 Å². The van der Waals surface area contributed by atoms with Gasteiger partial charge in [-0.2, -0.15) is 0 Å². The monoisotopic (exact) mass is 404 g/mol. The summed E-state index contributed by atoms with van der Waals surface area (Å²) in [6, 6.07) is 7.30. The van der Waals surface area contributed by atoms with Crippen LogP contribution >= 0.6 is 0 Å². The predicted octanol–water partition coefficient (Wildman–Crippen LogP) is 4.00. The van der Waals surface area contributed by atoms with Crippen molar-refractivity contribution in [2.24, 2.45) is 0 Å². The molecule has 0 spiro atoms. The average Bonchev–Trinajstić information content (AvgIpc) is 2.86. The third-order valence-electron chi connectivity index (χ3n) is 5.43. The van der Waals surface area contributed by atoms with Gasteiger partial charge >= 0.3 is 6.03 Å². The van der Waals surface area contributed by atoms with E-state index in [0.717, 1.165) is 30.6 Å². The van der Waals surface area contributed by atoms with Crippen molar-refractivity contribution in [3.05, 3.63) is 29.8 Å². The van der Waals surface area contributed by atoms with E-state index in [4.69, 9.17) is 4.74 Å². The third-order valence-corrected chi connectivity index (χ3v) is 5.43. The molecule has 1 fully saturated rings. The van der Waals surface area contributed by atoms with E-state index in [1.807, 2.05) is 24.3 Å². The molecule has 6 nitrogen and oxygen atoms in total. The molecule has 1 aliphatic rings. The van der Waals surface area contributed by atoms with Crippen LogP contribution < -0.4 is 10.1 Å². The molecular formula is C23H36N2O4. The number of carbonyl (C=O) groups excluding carboxylic acids is 2. The lowest BCUT2D eigenvalue weighted by molar-refractivity contribution is -0.132. The van der Waals surface area contributed by atoms with E-state index in [1.165, 1.54) is 5.56 Å². The largest absolute Gasteiger partial charge is 0.491 e. The number of imide groups is 1. The Bertz CT molecular complexity index is 696. The van der Waals surface area contributed by atoms with Crippen molar-refractivity contribution >= 4 is 11.9 Å². The van der Waals surface area contributed by atoms with Gasteiger partial charge in [0.2, 0.25) is 0 Å². The quantitative estimate of drug-likeness (QED) is 0.456. The Morgan fingerprint density at radius 1 is 1.14 bits per heavy atom. The van der Waals surface area contributed by atoms with Crippen molar-refractivity contribution in [2.75, 3.05) is 13.2 Å². The molecule has 1 aliphatic heterocycles. The van der Waals surface area contributed by atoms with E-state index < -0.39 is 17.7 Å². The van der Waals surface area contributed by atoms with E-state index in [1.54, 1.807) is 6.92 Å². The number of hydrogen-bond acceptors (Lipinski definition) is 4. The van der Waals surface area contributed by atoms with E-state index in [2.05, 4.69) is 33.0 Å². The number of β-amino-alcohol motifs (C(OH)–C–C–N with tert-alkyl or cyclic N) is 1. The molecule has 0 radical (unpaired) electrons. The molecular weight excluding hydrogens is 368 g/mol. The van der Waals surface area contributed by atoms with Gasteiger partial charge in [-0.05, 0) is 36.5 Å². The van der Waals surface area contributed by atoms with Gasteiger partial charge in [-0.1, -0.05) is 65.5 Å². The molecule has 3 amide bonds. The van der Waals surface area contributed by atoms with Crippen molar-refractivity contribution in [3.63, 3.8) is 0 Å². The number of carbonyl (C=O) groups is 2. The van der Waals surface area contributed by atoms with Crippen LogP contribution in [0.15, 0.2) is 24.3 Å². The number of aliphatic hydroxyl groups excluding tert-OH is 1. The topological polar surface area (TPSA) is 78.9 Å². The molecule has 1 heterocycles. The second-order valence-corrected chi connectivity index (χ2v) is 9.23. The summed E-state index contributed by atoms with van der Waals surface area (Å²) in [5.41, 5.74) is 0.377. The maximum Gasteiger partial charge on any atom is 0.325 e. The van der Waals surface area contributed by atoms with Crippen LogP contribution in [0.1, 0.15) is 72.3 Å². The minimum Gasteiger partial charge on any atom is -0.491 e. The number of rotatable bonds is 10. The lowest BCUT2D eigenvalue weighted by Crippen LogP contribution is -2.45. The van der Waals surface area contributed by atoms with Crippen LogP contribution in [0.4, 0.5) is 4.79 Å². The maximum absolute atomic E-state index is 12.7. The number of aliphatic hydroxyl groups is 1. The van der Waals surface area contributed by atoms with Crippen molar-refractivity contribution in [2.45, 2.75) is 83.8 Å². The standard InChI is InChI=1S/C23H36N2O4/c1-6-7-8-9-14-23(5)20(27)25(21(28)24-23)15-18(26)16-29-19-12-10-17(11-13-19)22(2,3)4/h10-13,18,26H,6-9,14-16H2,1-5H3,(H,24,28). The average molecular weight is 405 g/mol. The summed E-state index contributed by atoms with van der Waals surface area (Å²) < 4.78 is 5.64. The summed E-state index contributed by atoms with van der Waals surface area (Å²) in [5.74, 6) is 0.377. The van der Waals surface area contributed by atoms with Gasteiger partial charge in [0.15, 0.2) is 0 Å². The summed E-state index contributed by atoms with van der Waals surface area (Å²) in [6.07, 6.45) is 3.83. The van der Waals surface area contributed by atoms with Gasteiger partial charge in [0, 0.05) is 0 Å². The molecule has 0 saturated carbocycles. The molecule has 2 rings (SSSR count). The third kappa shape index (κ3) is 6.20. The predicted molar refractivity (Wildman–Crippen MR) is 114 cm³/mol. The fraction of sp³-hybridized carbons (Fsp3) is 0.652. The second kappa shape index (κ2) is 9.61. The molecule has 6 heteroatoms. The van der Waals surface area contributed by atoms with Gasteiger partial charge in [-0.3, -0.25) is 9.69 Å². The number of nitrogens with zero attached hydrogens (tertiary/aromatic N) is 1. The maximum atomic E-state index is 12.7. The van der Waals surface area contributed by atoms with Gasteiger partial charge in [0.1, 0.15) is 24.0 Å².